The van der Waals surface area contributed by atoms with Crippen LogP contribution in [0.15, 0.2) is 16.6 Å². The molecule has 0 bridgehead atoms. The molecule has 4 nitrogen and oxygen atoms in total. The molecule has 21 heavy (non-hydrogen) atoms. The molecule has 0 spiro atoms. The van der Waals surface area contributed by atoms with Gasteiger partial charge in [0.05, 0.1) is 17.1 Å². The van der Waals surface area contributed by atoms with Crippen molar-refractivity contribution in [2.24, 2.45) is 0 Å². The van der Waals surface area contributed by atoms with Crippen molar-refractivity contribution in [2.75, 3.05) is 6.61 Å². The van der Waals surface area contributed by atoms with Crippen LogP contribution in [0.4, 0.5) is 4.39 Å². The predicted molar refractivity (Wildman–Crippen MR) is 82.5 cm³/mol. The van der Waals surface area contributed by atoms with Crippen molar-refractivity contribution < 1.29 is 13.7 Å². The number of hydrogen-bond acceptors (Lipinski definition) is 4. The van der Waals surface area contributed by atoms with Gasteiger partial charge >= 0.3 is 0 Å². The van der Waals surface area contributed by atoms with Crippen molar-refractivity contribution >= 4 is 27.3 Å². The van der Waals surface area contributed by atoms with Crippen LogP contribution in [-0.4, -0.2) is 15.9 Å². The minimum absolute atomic E-state index is 0.0376. The normalized spacial score (nSPS) is 22.9. The fourth-order valence-electron chi connectivity index (χ4n) is 2.01. The second kappa shape index (κ2) is 5.76. The average Bonchev–Trinajstić information content (AvgIpc) is 2.42. The molecule has 2 atom stereocenters. The van der Waals surface area contributed by atoms with Gasteiger partial charge in [-0.1, -0.05) is 6.07 Å². The zero-order valence-corrected chi connectivity index (χ0v) is 14.4. The molecule has 7 heteroatoms. The Labute approximate surface area is 135 Å². The highest BCUT2D eigenvalue weighted by Gasteiger charge is 2.45. The molecule has 0 saturated heterocycles. The molecule has 0 aromatic heterocycles. The van der Waals surface area contributed by atoms with E-state index in [1.165, 1.54) is 6.07 Å². The van der Waals surface area contributed by atoms with Crippen LogP contribution < -0.4 is 9.46 Å². The largest absolute Gasteiger partial charge is 0.598 e. The van der Waals surface area contributed by atoms with Gasteiger partial charge in [0.25, 0.3) is 0 Å². The summed E-state index contributed by atoms with van der Waals surface area (Å²) in [6.07, 6.45) is 0.305. The van der Waals surface area contributed by atoms with E-state index in [9.17, 15) is 14.2 Å². The number of fused-ring (bicyclic) bond motifs is 1. The first-order chi connectivity index (χ1) is 9.71. The van der Waals surface area contributed by atoms with E-state index in [0.29, 0.717) is 12.0 Å². The lowest BCUT2D eigenvalue weighted by atomic mass is 9.87. The lowest BCUT2D eigenvalue weighted by Gasteiger charge is -2.36. The van der Waals surface area contributed by atoms with Gasteiger partial charge in [-0.15, -0.1) is 4.72 Å². The first-order valence-electron chi connectivity index (χ1n) is 6.43. The second-order valence-corrected chi connectivity index (χ2v) is 8.66. The van der Waals surface area contributed by atoms with Gasteiger partial charge in [0.15, 0.2) is 17.1 Å². The third-order valence-electron chi connectivity index (χ3n) is 3.25. The molecule has 0 aliphatic carbocycles. The molecule has 1 aromatic carbocycles. The molecule has 2 rings (SSSR count). The lowest BCUT2D eigenvalue weighted by Crippen LogP contribution is -2.52. The molecule has 0 saturated carbocycles. The zero-order valence-electron chi connectivity index (χ0n) is 12.0. The lowest BCUT2D eigenvalue weighted by molar-refractivity contribution is 0.223. The average molecular weight is 375 g/mol. The monoisotopic (exact) mass is 374 g/mol. The first-order valence-corrected chi connectivity index (χ1v) is 8.38. The molecule has 1 aliphatic heterocycles. The van der Waals surface area contributed by atoms with Crippen molar-refractivity contribution in [1.82, 2.24) is 4.72 Å². The van der Waals surface area contributed by atoms with Crippen LogP contribution in [-0.2, 0) is 16.9 Å². The standard InChI is InChI=1S/C14H16BrFN2O2S/c1-13(2,3)21(19)18-14(8-17)6-7-20-12-9(14)4-5-10(15)11(12)16/h4-5,18H,6-7H2,1-3H3/t14?,21-/m0/s1. The van der Waals surface area contributed by atoms with Gasteiger partial charge in [0, 0.05) is 23.3 Å². The second-order valence-electron chi connectivity index (χ2n) is 5.84. The van der Waals surface area contributed by atoms with Gasteiger partial charge in [-0.05, 0) is 42.8 Å². The fraction of sp³-hybridized carbons (Fsp3) is 0.500. The molecule has 1 unspecified atom stereocenters. The Kier molecular flexibility index (Phi) is 4.54. The highest BCUT2D eigenvalue weighted by atomic mass is 79.9. The van der Waals surface area contributed by atoms with Gasteiger partial charge in [0.1, 0.15) is 4.75 Å². The predicted octanol–water partition coefficient (Wildman–Crippen LogP) is 3.14. The van der Waals surface area contributed by atoms with Gasteiger partial charge in [-0.25, -0.2) is 4.39 Å². The van der Waals surface area contributed by atoms with Crippen LogP contribution in [0.1, 0.15) is 32.8 Å². The highest BCUT2D eigenvalue weighted by Crippen LogP contribution is 2.41. The van der Waals surface area contributed by atoms with Crippen LogP contribution in [0.5, 0.6) is 5.75 Å². The third kappa shape index (κ3) is 3.04. The summed E-state index contributed by atoms with van der Waals surface area (Å²) in [5.41, 5.74) is -0.831. The highest BCUT2D eigenvalue weighted by molar-refractivity contribution is 9.10. The number of nitrogens with one attached hydrogen (secondary N) is 1. The van der Waals surface area contributed by atoms with E-state index in [1.807, 2.05) is 20.8 Å². The van der Waals surface area contributed by atoms with E-state index >= 15 is 0 Å². The Morgan fingerprint density at radius 3 is 2.76 bits per heavy atom. The van der Waals surface area contributed by atoms with E-state index in [1.54, 1.807) is 6.07 Å². The van der Waals surface area contributed by atoms with Gasteiger partial charge in [-0.2, -0.15) is 5.26 Å². The summed E-state index contributed by atoms with van der Waals surface area (Å²) in [6, 6.07) is 5.30. The quantitative estimate of drug-likeness (QED) is 0.807. The summed E-state index contributed by atoms with van der Waals surface area (Å²) in [6.45, 7) is 5.61. The van der Waals surface area contributed by atoms with Crippen molar-refractivity contribution in [3.05, 3.63) is 28.0 Å². The number of halogens is 2. The SMILES string of the molecule is CC(C)(C)[S@+]([O-])NC1(C#N)CCOc2c1ccc(Br)c2F. The van der Waals surface area contributed by atoms with E-state index < -0.39 is 27.5 Å². The Balaban J connectivity index is 2.49. The molecule has 0 amide bonds. The van der Waals surface area contributed by atoms with Crippen molar-refractivity contribution in [1.29, 1.82) is 5.26 Å². The van der Waals surface area contributed by atoms with E-state index in [2.05, 4.69) is 26.7 Å². The minimum Gasteiger partial charge on any atom is -0.598 e. The molecular formula is C14H16BrFN2O2S. The molecule has 1 aromatic rings. The first kappa shape index (κ1) is 16.6. The third-order valence-corrected chi connectivity index (χ3v) is 5.51. The van der Waals surface area contributed by atoms with Crippen molar-refractivity contribution in [2.45, 2.75) is 37.5 Å². The van der Waals surface area contributed by atoms with Crippen LogP contribution >= 0.6 is 15.9 Å². The van der Waals surface area contributed by atoms with Gasteiger partial charge < -0.3 is 9.29 Å². The maximum Gasteiger partial charge on any atom is 0.181 e. The number of ether oxygens (including phenoxy) is 1. The van der Waals surface area contributed by atoms with E-state index in [-0.39, 0.29) is 16.8 Å². The number of nitrogens with zero attached hydrogens (tertiary/aromatic N) is 1. The smallest absolute Gasteiger partial charge is 0.181 e. The Bertz CT molecular complexity index is 600. The summed E-state index contributed by atoms with van der Waals surface area (Å²) < 4.78 is 34.5. The maximum atomic E-state index is 14.1. The number of nitriles is 1. The summed E-state index contributed by atoms with van der Waals surface area (Å²) in [4.78, 5) is 0. The van der Waals surface area contributed by atoms with Gasteiger partial charge in [0.2, 0.25) is 0 Å². The Morgan fingerprint density at radius 1 is 1.52 bits per heavy atom. The van der Waals surface area contributed by atoms with Crippen LogP contribution in [0.25, 0.3) is 0 Å². The molecule has 1 aliphatic rings. The molecule has 0 radical (unpaired) electrons. The van der Waals surface area contributed by atoms with Crippen molar-refractivity contribution in [3.8, 4) is 11.8 Å². The number of rotatable bonds is 2. The summed E-state index contributed by atoms with van der Waals surface area (Å²) in [7, 11) is 0. The molecule has 0 fully saturated rings. The Morgan fingerprint density at radius 2 is 2.19 bits per heavy atom. The van der Waals surface area contributed by atoms with E-state index in [0.717, 1.165) is 0 Å². The minimum atomic E-state index is -1.46. The van der Waals surface area contributed by atoms with Crippen LogP contribution in [0.2, 0.25) is 0 Å². The van der Waals surface area contributed by atoms with Crippen LogP contribution in [0, 0.1) is 17.1 Å². The topological polar surface area (TPSA) is 68.1 Å². The Hall–Kier alpha value is -0.810. The molecule has 1 N–H and O–H groups in total. The van der Waals surface area contributed by atoms with Crippen LogP contribution in [0.3, 0.4) is 0 Å². The maximum absolute atomic E-state index is 14.1. The molecular weight excluding hydrogens is 359 g/mol. The summed E-state index contributed by atoms with van der Waals surface area (Å²) >= 11 is 1.64. The number of benzene rings is 1. The van der Waals surface area contributed by atoms with E-state index in [4.69, 9.17) is 4.74 Å². The summed E-state index contributed by atoms with van der Waals surface area (Å²) in [5.74, 6) is -0.509. The zero-order chi connectivity index (χ0) is 15.8. The van der Waals surface area contributed by atoms with Crippen molar-refractivity contribution in [3.63, 3.8) is 0 Å². The molecule has 1 heterocycles. The summed E-state index contributed by atoms with van der Waals surface area (Å²) in [5, 5.41) is 9.63. The molecule has 114 valence electrons. The van der Waals surface area contributed by atoms with Gasteiger partial charge in [-0.3, -0.25) is 0 Å². The number of hydrogen-bond donors (Lipinski definition) is 1. The fourth-order valence-corrected chi connectivity index (χ4v) is 3.20.